The Hall–Kier alpha value is -2.30. The van der Waals surface area contributed by atoms with Gasteiger partial charge in [0.05, 0.1) is 18.1 Å². The fourth-order valence-electron chi connectivity index (χ4n) is 2.38. The average Bonchev–Trinajstić information content (AvgIpc) is 2.86. The first-order chi connectivity index (χ1) is 10.7. The van der Waals surface area contributed by atoms with E-state index in [1.165, 1.54) is 0 Å². The minimum absolute atomic E-state index is 0.132. The second kappa shape index (κ2) is 6.44. The predicted molar refractivity (Wildman–Crippen MR) is 88.4 cm³/mol. The number of aryl methyl sites for hydroxylation is 2. The molecule has 0 bridgehead atoms. The van der Waals surface area contributed by atoms with Gasteiger partial charge in [0.1, 0.15) is 5.58 Å². The van der Waals surface area contributed by atoms with Crippen LogP contribution in [0.5, 0.6) is 0 Å². The van der Waals surface area contributed by atoms with Crippen molar-refractivity contribution < 1.29 is 19.1 Å². The van der Waals surface area contributed by atoms with Crippen molar-refractivity contribution in [2.45, 2.75) is 40.5 Å². The van der Waals surface area contributed by atoms with E-state index >= 15 is 0 Å². The summed E-state index contributed by atoms with van der Waals surface area (Å²) in [5, 5.41) is 12.8. The van der Waals surface area contributed by atoms with E-state index in [1.54, 1.807) is 20.1 Å². The molecule has 0 aliphatic rings. The molecule has 0 fully saturated rings. The minimum Gasteiger partial charge on any atom is -0.481 e. The molecule has 0 saturated carbocycles. The molecule has 124 valence electrons. The van der Waals surface area contributed by atoms with Gasteiger partial charge >= 0.3 is 5.97 Å². The monoisotopic (exact) mass is 317 g/mol. The molecule has 0 aliphatic carbocycles. The Morgan fingerprint density at radius 3 is 2.61 bits per heavy atom. The van der Waals surface area contributed by atoms with Crippen LogP contribution >= 0.6 is 0 Å². The van der Waals surface area contributed by atoms with Gasteiger partial charge in [-0.15, -0.1) is 0 Å². The summed E-state index contributed by atoms with van der Waals surface area (Å²) in [5.74, 6) is -0.995. The van der Waals surface area contributed by atoms with E-state index in [4.69, 9.17) is 9.52 Å². The largest absolute Gasteiger partial charge is 0.481 e. The number of carboxylic acid groups (broad SMARTS) is 1. The third-order valence-electron chi connectivity index (χ3n) is 4.34. The first-order valence-electron chi connectivity index (χ1n) is 7.69. The summed E-state index contributed by atoms with van der Waals surface area (Å²) in [7, 11) is 0. The van der Waals surface area contributed by atoms with Gasteiger partial charge in [0.25, 0.3) is 0 Å². The third kappa shape index (κ3) is 3.73. The van der Waals surface area contributed by atoms with Crippen LogP contribution in [-0.4, -0.2) is 23.5 Å². The second-order valence-electron chi connectivity index (χ2n) is 6.61. The topological polar surface area (TPSA) is 79.5 Å². The maximum absolute atomic E-state index is 12.1. The summed E-state index contributed by atoms with van der Waals surface area (Å²) < 4.78 is 5.59. The lowest BCUT2D eigenvalue weighted by Crippen LogP contribution is -2.32. The number of fused-ring (bicyclic) bond motifs is 1. The molecule has 1 amide bonds. The maximum atomic E-state index is 12.1. The molecule has 5 nitrogen and oxygen atoms in total. The molecular weight excluding hydrogens is 294 g/mol. The van der Waals surface area contributed by atoms with E-state index in [9.17, 15) is 9.59 Å². The number of hydrogen-bond donors (Lipinski definition) is 2. The van der Waals surface area contributed by atoms with Crippen molar-refractivity contribution in [2.75, 3.05) is 6.54 Å². The number of benzene rings is 1. The van der Waals surface area contributed by atoms with Gasteiger partial charge in [0.2, 0.25) is 5.91 Å². The lowest BCUT2D eigenvalue weighted by molar-refractivity contribution is -0.147. The molecule has 1 aromatic heterocycles. The summed E-state index contributed by atoms with van der Waals surface area (Å²) in [4.78, 5) is 23.1. The van der Waals surface area contributed by atoms with Gasteiger partial charge < -0.3 is 14.8 Å². The molecule has 0 unspecified atom stereocenters. The molecule has 0 radical (unpaired) electrons. The number of carboxylic acids is 1. The van der Waals surface area contributed by atoms with E-state index in [0.29, 0.717) is 13.0 Å². The summed E-state index contributed by atoms with van der Waals surface area (Å²) in [5.41, 5.74) is 3.05. The van der Waals surface area contributed by atoms with Crippen molar-refractivity contribution >= 4 is 22.8 Å². The van der Waals surface area contributed by atoms with E-state index < -0.39 is 11.4 Å². The van der Waals surface area contributed by atoms with Crippen LogP contribution in [-0.2, 0) is 16.0 Å². The molecule has 0 saturated heterocycles. The van der Waals surface area contributed by atoms with Crippen molar-refractivity contribution in [1.82, 2.24) is 5.32 Å². The molecule has 2 N–H and O–H groups in total. The fraction of sp³-hybridized carbons (Fsp3) is 0.444. The normalized spacial score (nSPS) is 11.7. The van der Waals surface area contributed by atoms with E-state index in [1.807, 2.05) is 26.0 Å². The van der Waals surface area contributed by atoms with Crippen LogP contribution < -0.4 is 5.32 Å². The molecule has 5 heteroatoms. The van der Waals surface area contributed by atoms with Crippen molar-refractivity contribution in [3.63, 3.8) is 0 Å². The number of carbonyl (C=O) groups is 2. The van der Waals surface area contributed by atoms with Crippen LogP contribution in [0.3, 0.4) is 0 Å². The fourth-order valence-corrected chi connectivity index (χ4v) is 2.38. The average molecular weight is 317 g/mol. The van der Waals surface area contributed by atoms with Gasteiger partial charge in [-0.1, -0.05) is 12.1 Å². The molecule has 0 spiro atoms. The highest BCUT2D eigenvalue weighted by Crippen LogP contribution is 2.26. The van der Waals surface area contributed by atoms with Crippen molar-refractivity contribution in [1.29, 1.82) is 0 Å². The van der Waals surface area contributed by atoms with E-state index in [0.717, 1.165) is 27.7 Å². The Bertz CT molecular complexity index is 743. The maximum Gasteiger partial charge on any atom is 0.309 e. The van der Waals surface area contributed by atoms with Crippen molar-refractivity contribution in [3.05, 3.63) is 35.1 Å². The number of aliphatic carboxylic acids is 1. The zero-order chi connectivity index (χ0) is 17.2. The van der Waals surface area contributed by atoms with E-state index in [-0.39, 0.29) is 12.3 Å². The number of amides is 1. The number of furan rings is 1. The summed E-state index contributed by atoms with van der Waals surface area (Å²) in [6.45, 7) is 7.66. The molecule has 2 rings (SSSR count). The second-order valence-corrected chi connectivity index (χ2v) is 6.61. The summed E-state index contributed by atoms with van der Waals surface area (Å²) >= 11 is 0. The van der Waals surface area contributed by atoms with Crippen LogP contribution in [0.15, 0.2) is 22.8 Å². The first kappa shape index (κ1) is 17.1. The van der Waals surface area contributed by atoms with Crippen LogP contribution in [0.1, 0.15) is 37.0 Å². The predicted octanol–water partition coefficient (Wildman–Crippen LogP) is 3.21. The Labute approximate surface area is 135 Å². The van der Waals surface area contributed by atoms with Gasteiger partial charge in [0.15, 0.2) is 0 Å². The standard InChI is InChI=1S/C18H23NO4/c1-11-5-6-14-13(10-23-16(14)12(11)2)9-15(20)19-8-7-18(3,4)17(21)22/h5-6,10H,7-9H2,1-4H3,(H,19,20)(H,21,22). The van der Waals surface area contributed by atoms with Gasteiger partial charge in [0, 0.05) is 17.5 Å². The Balaban J connectivity index is 1.99. The van der Waals surface area contributed by atoms with Crippen LogP contribution in [0, 0.1) is 19.3 Å². The molecule has 0 aliphatic heterocycles. The zero-order valence-electron chi connectivity index (χ0n) is 14.0. The van der Waals surface area contributed by atoms with Crippen LogP contribution in [0.25, 0.3) is 11.0 Å². The first-order valence-corrected chi connectivity index (χ1v) is 7.69. The lowest BCUT2D eigenvalue weighted by atomic mass is 9.90. The highest BCUT2D eigenvalue weighted by molar-refractivity contribution is 5.89. The molecular formula is C18H23NO4. The molecule has 1 heterocycles. The third-order valence-corrected chi connectivity index (χ3v) is 4.34. The molecule has 0 atom stereocenters. The number of hydrogen-bond acceptors (Lipinski definition) is 3. The Morgan fingerprint density at radius 2 is 1.96 bits per heavy atom. The smallest absolute Gasteiger partial charge is 0.309 e. The number of rotatable bonds is 6. The minimum atomic E-state index is -0.863. The Morgan fingerprint density at radius 1 is 1.26 bits per heavy atom. The van der Waals surface area contributed by atoms with E-state index in [2.05, 4.69) is 5.32 Å². The van der Waals surface area contributed by atoms with Crippen LogP contribution in [0.4, 0.5) is 0 Å². The highest BCUT2D eigenvalue weighted by Gasteiger charge is 2.26. The SMILES string of the molecule is Cc1ccc2c(CC(=O)NCCC(C)(C)C(=O)O)coc2c1C. The highest BCUT2D eigenvalue weighted by atomic mass is 16.4. The summed E-state index contributed by atoms with van der Waals surface area (Å²) in [6, 6.07) is 3.99. The molecule has 23 heavy (non-hydrogen) atoms. The quantitative estimate of drug-likeness (QED) is 0.857. The number of nitrogens with one attached hydrogen (secondary N) is 1. The van der Waals surface area contributed by atoms with Crippen molar-refractivity contribution in [3.8, 4) is 0 Å². The lowest BCUT2D eigenvalue weighted by Gasteiger charge is -2.18. The number of carbonyl (C=O) groups excluding carboxylic acids is 1. The Kier molecular flexibility index (Phi) is 4.78. The summed E-state index contributed by atoms with van der Waals surface area (Å²) in [6.07, 6.45) is 2.24. The van der Waals surface area contributed by atoms with Gasteiger partial charge in [-0.2, -0.15) is 0 Å². The van der Waals surface area contributed by atoms with Gasteiger partial charge in [-0.25, -0.2) is 0 Å². The van der Waals surface area contributed by atoms with Crippen LogP contribution in [0.2, 0.25) is 0 Å². The molecule has 2 aromatic rings. The zero-order valence-corrected chi connectivity index (χ0v) is 14.0. The van der Waals surface area contributed by atoms with Gasteiger partial charge in [-0.3, -0.25) is 9.59 Å². The van der Waals surface area contributed by atoms with Gasteiger partial charge in [-0.05, 0) is 45.2 Å². The molecule has 1 aromatic carbocycles. The van der Waals surface area contributed by atoms with Crippen molar-refractivity contribution in [2.24, 2.45) is 5.41 Å².